The number of rotatable bonds is 3. The Balaban J connectivity index is 1.84. The second-order valence-corrected chi connectivity index (χ2v) is 6.54. The highest BCUT2D eigenvalue weighted by Crippen LogP contribution is 2.34. The Labute approximate surface area is 128 Å². The molecule has 1 amide bonds. The molecular formula is C16H19N3OS. The Morgan fingerprint density at radius 2 is 1.90 bits per heavy atom. The second-order valence-electron chi connectivity index (χ2n) is 5.35. The summed E-state index contributed by atoms with van der Waals surface area (Å²) in [5, 5.41) is 3.91. The molecule has 0 radical (unpaired) electrons. The van der Waals surface area contributed by atoms with E-state index in [0.29, 0.717) is 0 Å². The molecule has 1 aliphatic rings. The molecule has 2 heterocycles. The van der Waals surface area contributed by atoms with Crippen molar-refractivity contribution >= 4 is 28.1 Å². The van der Waals surface area contributed by atoms with Crippen molar-refractivity contribution in [2.24, 2.45) is 0 Å². The first-order chi connectivity index (χ1) is 10.1. The Morgan fingerprint density at radius 1 is 1.24 bits per heavy atom. The topological polar surface area (TPSA) is 45.2 Å². The molecule has 110 valence electrons. The van der Waals surface area contributed by atoms with Crippen LogP contribution in [0.25, 0.3) is 11.3 Å². The van der Waals surface area contributed by atoms with E-state index in [0.717, 1.165) is 35.2 Å². The summed E-state index contributed by atoms with van der Waals surface area (Å²) in [7, 11) is 0. The van der Waals surface area contributed by atoms with Gasteiger partial charge >= 0.3 is 0 Å². The molecule has 0 atom stereocenters. The predicted molar refractivity (Wildman–Crippen MR) is 88.0 cm³/mol. The molecule has 0 bridgehead atoms. The zero-order valence-corrected chi connectivity index (χ0v) is 13.2. The van der Waals surface area contributed by atoms with Crippen molar-refractivity contribution in [3.05, 3.63) is 29.1 Å². The first-order valence-corrected chi connectivity index (χ1v) is 8.05. The molecule has 4 nitrogen and oxygen atoms in total. The normalized spacial score (nSPS) is 14.5. The van der Waals surface area contributed by atoms with Crippen LogP contribution in [0.4, 0.5) is 10.8 Å². The van der Waals surface area contributed by atoms with Gasteiger partial charge in [0, 0.05) is 36.1 Å². The van der Waals surface area contributed by atoms with E-state index < -0.39 is 0 Å². The van der Waals surface area contributed by atoms with Crippen molar-refractivity contribution in [1.82, 2.24) is 4.98 Å². The third kappa shape index (κ3) is 3.08. The van der Waals surface area contributed by atoms with E-state index >= 15 is 0 Å². The maximum absolute atomic E-state index is 11.0. The van der Waals surface area contributed by atoms with Crippen LogP contribution in [0.3, 0.4) is 0 Å². The summed E-state index contributed by atoms with van der Waals surface area (Å²) in [6.45, 7) is 5.87. The quantitative estimate of drug-likeness (QED) is 0.940. The summed E-state index contributed by atoms with van der Waals surface area (Å²) in [6.07, 6.45) is 2.53. The van der Waals surface area contributed by atoms with E-state index in [1.54, 1.807) is 11.3 Å². The minimum absolute atomic E-state index is 0.0519. The van der Waals surface area contributed by atoms with Gasteiger partial charge in [0.2, 0.25) is 5.91 Å². The molecule has 3 rings (SSSR count). The fourth-order valence-electron chi connectivity index (χ4n) is 2.61. The highest BCUT2D eigenvalue weighted by atomic mass is 32.1. The number of aryl methyl sites for hydroxylation is 1. The lowest BCUT2D eigenvalue weighted by Gasteiger charge is -2.12. The van der Waals surface area contributed by atoms with Crippen LogP contribution in [0.15, 0.2) is 24.3 Å². The maximum atomic E-state index is 11.0. The van der Waals surface area contributed by atoms with Crippen LogP contribution in [-0.2, 0) is 4.79 Å². The Bertz CT molecular complexity index is 642. The number of hydrogen-bond donors (Lipinski definition) is 1. The number of nitrogens with zero attached hydrogens (tertiary/aromatic N) is 2. The van der Waals surface area contributed by atoms with E-state index in [1.165, 1.54) is 24.6 Å². The van der Waals surface area contributed by atoms with Gasteiger partial charge in [-0.3, -0.25) is 4.79 Å². The SMILES string of the molecule is CC(=O)Nc1ccc(-c2nc(N3CCCC3)sc2C)cc1. The zero-order valence-electron chi connectivity index (χ0n) is 12.3. The highest BCUT2D eigenvalue weighted by Gasteiger charge is 2.18. The van der Waals surface area contributed by atoms with Gasteiger partial charge in [0.1, 0.15) is 0 Å². The van der Waals surface area contributed by atoms with Crippen molar-refractivity contribution in [3.8, 4) is 11.3 Å². The Morgan fingerprint density at radius 3 is 2.52 bits per heavy atom. The molecule has 0 saturated carbocycles. The van der Waals surface area contributed by atoms with Gasteiger partial charge in [-0.25, -0.2) is 4.98 Å². The summed E-state index contributed by atoms with van der Waals surface area (Å²) >= 11 is 1.77. The van der Waals surface area contributed by atoms with E-state index in [1.807, 2.05) is 24.3 Å². The molecule has 1 N–H and O–H groups in total. The van der Waals surface area contributed by atoms with Crippen LogP contribution in [-0.4, -0.2) is 24.0 Å². The second kappa shape index (κ2) is 5.85. The van der Waals surface area contributed by atoms with E-state index in [9.17, 15) is 4.79 Å². The molecule has 21 heavy (non-hydrogen) atoms. The van der Waals surface area contributed by atoms with Gasteiger partial charge in [-0.15, -0.1) is 11.3 Å². The van der Waals surface area contributed by atoms with Gasteiger partial charge in [0.25, 0.3) is 0 Å². The maximum Gasteiger partial charge on any atom is 0.221 e. The van der Waals surface area contributed by atoms with E-state index in [-0.39, 0.29) is 5.91 Å². The number of aromatic nitrogens is 1. The van der Waals surface area contributed by atoms with Crippen LogP contribution in [0.1, 0.15) is 24.6 Å². The number of amides is 1. The minimum atomic E-state index is -0.0519. The summed E-state index contributed by atoms with van der Waals surface area (Å²) in [5.41, 5.74) is 2.97. The first kappa shape index (κ1) is 14.1. The molecule has 0 unspecified atom stereocenters. The number of nitrogens with one attached hydrogen (secondary N) is 1. The van der Waals surface area contributed by atoms with Gasteiger partial charge in [-0.05, 0) is 31.9 Å². The molecule has 0 aliphatic carbocycles. The first-order valence-electron chi connectivity index (χ1n) is 7.24. The Kier molecular flexibility index (Phi) is 3.92. The van der Waals surface area contributed by atoms with Crippen molar-refractivity contribution in [1.29, 1.82) is 0 Å². The lowest BCUT2D eigenvalue weighted by Crippen LogP contribution is -2.17. The number of anilines is 2. The fourth-order valence-corrected chi connectivity index (χ4v) is 3.59. The van der Waals surface area contributed by atoms with E-state index in [2.05, 4.69) is 17.1 Å². The fraction of sp³-hybridized carbons (Fsp3) is 0.375. The van der Waals surface area contributed by atoms with Gasteiger partial charge in [-0.2, -0.15) is 0 Å². The number of carbonyl (C=O) groups excluding carboxylic acids is 1. The number of benzene rings is 1. The summed E-state index contributed by atoms with van der Waals surface area (Å²) < 4.78 is 0. The molecular weight excluding hydrogens is 282 g/mol. The van der Waals surface area contributed by atoms with Crippen LogP contribution in [0, 0.1) is 6.92 Å². The van der Waals surface area contributed by atoms with Crippen molar-refractivity contribution in [2.45, 2.75) is 26.7 Å². The monoisotopic (exact) mass is 301 g/mol. The van der Waals surface area contributed by atoms with Gasteiger partial charge in [0.05, 0.1) is 5.69 Å². The largest absolute Gasteiger partial charge is 0.348 e. The molecule has 0 spiro atoms. The lowest BCUT2D eigenvalue weighted by molar-refractivity contribution is -0.114. The zero-order chi connectivity index (χ0) is 14.8. The highest BCUT2D eigenvalue weighted by molar-refractivity contribution is 7.16. The number of hydrogen-bond acceptors (Lipinski definition) is 4. The molecule has 1 saturated heterocycles. The van der Waals surface area contributed by atoms with Crippen LogP contribution < -0.4 is 10.2 Å². The van der Waals surface area contributed by atoms with Crippen molar-refractivity contribution in [3.63, 3.8) is 0 Å². The Hall–Kier alpha value is -1.88. The van der Waals surface area contributed by atoms with Crippen LogP contribution in [0.5, 0.6) is 0 Å². The van der Waals surface area contributed by atoms with Gasteiger partial charge < -0.3 is 10.2 Å². The number of carbonyl (C=O) groups is 1. The smallest absolute Gasteiger partial charge is 0.221 e. The molecule has 5 heteroatoms. The number of thiazole rings is 1. The van der Waals surface area contributed by atoms with E-state index in [4.69, 9.17) is 4.98 Å². The average Bonchev–Trinajstić information content (AvgIpc) is 3.08. The molecule has 1 fully saturated rings. The molecule has 1 aromatic carbocycles. The average molecular weight is 301 g/mol. The van der Waals surface area contributed by atoms with Crippen molar-refractivity contribution in [2.75, 3.05) is 23.3 Å². The summed E-state index contributed by atoms with van der Waals surface area (Å²) in [4.78, 5) is 19.5. The molecule has 1 aromatic heterocycles. The minimum Gasteiger partial charge on any atom is -0.348 e. The predicted octanol–water partition coefficient (Wildman–Crippen LogP) is 3.68. The third-order valence-electron chi connectivity index (χ3n) is 3.64. The van der Waals surface area contributed by atoms with Crippen LogP contribution >= 0.6 is 11.3 Å². The van der Waals surface area contributed by atoms with Gasteiger partial charge in [-0.1, -0.05) is 12.1 Å². The molecule has 2 aromatic rings. The van der Waals surface area contributed by atoms with Crippen molar-refractivity contribution < 1.29 is 4.79 Å². The molecule has 1 aliphatic heterocycles. The van der Waals surface area contributed by atoms with Crippen LogP contribution in [0.2, 0.25) is 0 Å². The van der Waals surface area contributed by atoms with Gasteiger partial charge in [0.15, 0.2) is 5.13 Å². The summed E-state index contributed by atoms with van der Waals surface area (Å²) in [6, 6.07) is 7.87. The third-order valence-corrected chi connectivity index (χ3v) is 4.67. The lowest BCUT2D eigenvalue weighted by atomic mass is 10.1. The standard InChI is InChI=1S/C16H19N3OS/c1-11-15(18-16(21-11)19-9-3-4-10-19)13-5-7-14(8-6-13)17-12(2)20/h5-8H,3-4,9-10H2,1-2H3,(H,17,20). The summed E-state index contributed by atoms with van der Waals surface area (Å²) in [5.74, 6) is -0.0519.